The first-order valence-electron chi connectivity index (χ1n) is 9.74. The van der Waals surface area contributed by atoms with Crippen molar-refractivity contribution in [3.8, 4) is 0 Å². The van der Waals surface area contributed by atoms with Gasteiger partial charge in [-0.05, 0) is 36.6 Å². The van der Waals surface area contributed by atoms with E-state index in [-0.39, 0.29) is 11.9 Å². The average Bonchev–Trinajstić information content (AvgIpc) is 2.70. The van der Waals surface area contributed by atoms with E-state index >= 15 is 0 Å². The van der Waals surface area contributed by atoms with Crippen LogP contribution in [0.1, 0.15) is 28.8 Å². The van der Waals surface area contributed by atoms with Gasteiger partial charge in [0.05, 0.1) is 5.69 Å². The summed E-state index contributed by atoms with van der Waals surface area (Å²) in [6.45, 7) is 4.09. The lowest BCUT2D eigenvalue weighted by molar-refractivity contribution is 0.0909. The highest BCUT2D eigenvalue weighted by molar-refractivity contribution is 7.99. The number of nitrogens with one attached hydrogen (secondary N) is 1. The van der Waals surface area contributed by atoms with Gasteiger partial charge in [0.15, 0.2) is 0 Å². The minimum atomic E-state index is 0.0586. The number of carbonyl (C=O) groups is 1. The Morgan fingerprint density at radius 1 is 1.11 bits per heavy atom. The van der Waals surface area contributed by atoms with Gasteiger partial charge in [-0.15, -0.1) is 11.8 Å². The summed E-state index contributed by atoms with van der Waals surface area (Å²) in [7, 11) is 2.10. The molecule has 1 N–H and O–H groups in total. The summed E-state index contributed by atoms with van der Waals surface area (Å²) in [5.74, 6) is 1.17. The minimum absolute atomic E-state index is 0.0586. The van der Waals surface area contributed by atoms with Gasteiger partial charge in [-0.25, -0.2) is 0 Å². The van der Waals surface area contributed by atoms with Crippen LogP contribution in [0.25, 0.3) is 0 Å². The number of hydrogen-bond donors (Lipinski definition) is 1. The van der Waals surface area contributed by atoms with Crippen molar-refractivity contribution in [1.82, 2.24) is 10.2 Å². The number of carbonyl (C=O) groups excluding carboxylic acids is 1. The number of amides is 1. The Morgan fingerprint density at radius 3 is 2.67 bits per heavy atom. The molecule has 0 saturated carbocycles. The second-order valence-corrected chi connectivity index (χ2v) is 8.60. The van der Waals surface area contributed by atoms with E-state index in [1.807, 2.05) is 23.9 Å². The molecule has 2 aromatic rings. The molecule has 0 aliphatic carbocycles. The normalized spacial score (nSPS) is 18.2. The Hall–Kier alpha value is -1.98. The van der Waals surface area contributed by atoms with Crippen LogP contribution in [0.3, 0.4) is 0 Å². The fourth-order valence-corrected chi connectivity index (χ4v) is 4.95. The SMILES string of the molecule is CN1CCSc2ccc(C(=O)NC3CCN(Cc4ccccc4)CC3)cc21. The molecule has 142 valence electrons. The third-order valence-corrected chi connectivity index (χ3v) is 6.53. The third kappa shape index (κ3) is 4.47. The summed E-state index contributed by atoms with van der Waals surface area (Å²) in [6.07, 6.45) is 2.03. The Bertz CT molecular complexity index is 787. The van der Waals surface area contributed by atoms with E-state index < -0.39 is 0 Å². The second-order valence-electron chi connectivity index (χ2n) is 7.46. The van der Waals surface area contributed by atoms with Crippen molar-refractivity contribution < 1.29 is 4.79 Å². The van der Waals surface area contributed by atoms with E-state index in [1.54, 1.807) is 0 Å². The number of hydrogen-bond acceptors (Lipinski definition) is 4. The smallest absolute Gasteiger partial charge is 0.251 e. The largest absolute Gasteiger partial charge is 0.373 e. The summed E-state index contributed by atoms with van der Waals surface area (Å²) in [5.41, 5.74) is 3.31. The zero-order chi connectivity index (χ0) is 18.6. The molecule has 27 heavy (non-hydrogen) atoms. The highest BCUT2D eigenvalue weighted by Crippen LogP contribution is 2.34. The number of fused-ring (bicyclic) bond motifs is 1. The molecule has 4 rings (SSSR count). The minimum Gasteiger partial charge on any atom is -0.373 e. The average molecular weight is 382 g/mol. The van der Waals surface area contributed by atoms with Crippen LogP contribution in [-0.4, -0.2) is 49.3 Å². The highest BCUT2D eigenvalue weighted by atomic mass is 32.2. The van der Waals surface area contributed by atoms with Gasteiger partial charge in [0, 0.05) is 55.5 Å². The maximum Gasteiger partial charge on any atom is 0.251 e. The summed E-state index contributed by atoms with van der Waals surface area (Å²) in [5, 5.41) is 3.25. The molecule has 0 spiro atoms. The van der Waals surface area contributed by atoms with Gasteiger partial charge in [0.25, 0.3) is 5.91 Å². The monoisotopic (exact) mass is 381 g/mol. The van der Waals surface area contributed by atoms with Crippen LogP contribution in [0, 0.1) is 0 Å². The van der Waals surface area contributed by atoms with Crippen molar-refractivity contribution in [1.29, 1.82) is 0 Å². The fraction of sp³-hybridized carbons (Fsp3) is 0.409. The van der Waals surface area contributed by atoms with E-state index in [0.29, 0.717) is 0 Å². The van der Waals surface area contributed by atoms with Crippen molar-refractivity contribution in [3.63, 3.8) is 0 Å². The second kappa shape index (κ2) is 8.36. The maximum atomic E-state index is 12.7. The van der Waals surface area contributed by atoms with Gasteiger partial charge in [-0.1, -0.05) is 30.3 Å². The molecular weight excluding hydrogens is 354 g/mol. The van der Waals surface area contributed by atoms with Crippen molar-refractivity contribution in [2.75, 3.05) is 37.3 Å². The van der Waals surface area contributed by atoms with Gasteiger partial charge in [-0.2, -0.15) is 0 Å². The highest BCUT2D eigenvalue weighted by Gasteiger charge is 2.22. The fourth-order valence-electron chi connectivity index (χ4n) is 3.84. The number of nitrogens with zero attached hydrogens (tertiary/aromatic N) is 2. The summed E-state index contributed by atoms with van der Waals surface area (Å²) in [6, 6.07) is 17.0. The molecule has 1 fully saturated rings. The van der Waals surface area contributed by atoms with Crippen LogP contribution in [0.15, 0.2) is 53.4 Å². The topological polar surface area (TPSA) is 35.6 Å². The number of benzene rings is 2. The van der Waals surface area contributed by atoms with E-state index in [4.69, 9.17) is 0 Å². The van der Waals surface area contributed by atoms with Gasteiger partial charge < -0.3 is 10.2 Å². The van der Waals surface area contributed by atoms with Gasteiger partial charge in [0.1, 0.15) is 0 Å². The van der Waals surface area contributed by atoms with Crippen molar-refractivity contribution in [2.45, 2.75) is 30.3 Å². The molecule has 2 aliphatic rings. The quantitative estimate of drug-likeness (QED) is 0.877. The standard InChI is InChI=1S/C22H27N3OS/c1-24-13-14-27-21-8-7-18(15-20(21)24)22(26)23-19-9-11-25(12-10-19)16-17-5-3-2-4-6-17/h2-8,15,19H,9-14,16H2,1H3,(H,23,26). The number of anilines is 1. The number of rotatable bonds is 4. The first-order chi connectivity index (χ1) is 13.2. The number of thioether (sulfide) groups is 1. The summed E-state index contributed by atoms with van der Waals surface area (Å²) >= 11 is 1.87. The zero-order valence-corrected chi connectivity index (χ0v) is 16.7. The van der Waals surface area contributed by atoms with E-state index in [1.165, 1.54) is 16.1 Å². The molecule has 0 radical (unpaired) electrons. The zero-order valence-electron chi connectivity index (χ0n) is 15.9. The van der Waals surface area contributed by atoms with Crippen LogP contribution in [0.5, 0.6) is 0 Å². The lowest BCUT2D eigenvalue weighted by Crippen LogP contribution is -2.44. The van der Waals surface area contributed by atoms with Gasteiger partial charge >= 0.3 is 0 Å². The lowest BCUT2D eigenvalue weighted by Gasteiger charge is -2.32. The summed E-state index contributed by atoms with van der Waals surface area (Å²) in [4.78, 5) is 18.7. The third-order valence-electron chi connectivity index (χ3n) is 5.49. The van der Waals surface area contributed by atoms with E-state index in [9.17, 15) is 4.79 Å². The maximum absolute atomic E-state index is 12.7. The molecular formula is C22H27N3OS. The van der Waals surface area contributed by atoms with Gasteiger partial charge in [0.2, 0.25) is 0 Å². The van der Waals surface area contributed by atoms with E-state index in [0.717, 1.165) is 50.3 Å². The predicted octanol–water partition coefficient (Wildman–Crippen LogP) is 3.62. The first kappa shape index (κ1) is 18.4. The molecule has 4 nitrogen and oxygen atoms in total. The first-order valence-corrected chi connectivity index (χ1v) is 10.7. The number of likely N-dealkylation sites (tertiary alicyclic amines) is 1. The molecule has 2 heterocycles. The van der Waals surface area contributed by atoms with Crippen molar-refractivity contribution in [2.24, 2.45) is 0 Å². The molecule has 5 heteroatoms. The van der Waals surface area contributed by atoms with Crippen LogP contribution < -0.4 is 10.2 Å². The van der Waals surface area contributed by atoms with Crippen LogP contribution >= 0.6 is 11.8 Å². The molecule has 0 unspecified atom stereocenters. The molecule has 0 bridgehead atoms. The van der Waals surface area contributed by atoms with Crippen molar-refractivity contribution in [3.05, 3.63) is 59.7 Å². The molecule has 0 atom stereocenters. The predicted molar refractivity (Wildman–Crippen MR) is 113 cm³/mol. The van der Waals surface area contributed by atoms with Crippen LogP contribution in [0.2, 0.25) is 0 Å². The Balaban J connectivity index is 1.31. The number of piperidine rings is 1. The Labute approximate surface area is 165 Å². The van der Waals surface area contributed by atoms with Crippen molar-refractivity contribution >= 4 is 23.4 Å². The van der Waals surface area contributed by atoms with Gasteiger partial charge in [-0.3, -0.25) is 9.69 Å². The lowest BCUT2D eigenvalue weighted by atomic mass is 10.0. The summed E-state index contributed by atoms with van der Waals surface area (Å²) < 4.78 is 0. The Morgan fingerprint density at radius 2 is 1.89 bits per heavy atom. The molecule has 2 aromatic carbocycles. The molecule has 1 saturated heterocycles. The Kier molecular flexibility index (Phi) is 5.69. The molecule has 1 amide bonds. The van der Waals surface area contributed by atoms with E-state index in [2.05, 4.69) is 58.6 Å². The molecule has 0 aromatic heterocycles. The molecule has 2 aliphatic heterocycles. The van der Waals surface area contributed by atoms with Crippen LogP contribution in [-0.2, 0) is 6.54 Å². The van der Waals surface area contributed by atoms with Crippen LogP contribution in [0.4, 0.5) is 5.69 Å².